The summed E-state index contributed by atoms with van der Waals surface area (Å²) in [5.74, 6) is 0. The van der Waals surface area contributed by atoms with Crippen LogP contribution in [0.4, 0.5) is 0 Å². The van der Waals surface area contributed by atoms with E-state index in [0.29, 0.717) is 0 Å². The third kappa shape index (κ3) is 2.91. The summed E-state index contributed by atoms with van der Waals surface area (Å²) in [5.41, 5.74) is 3.84. The van der Waals surface area contributed by atoms with Crippen LogP contribution in [0, 0.1) is 0 Å². The zero-order valence-electron chi connectivity index (χ0n) is 10.8. The Labute approximate surface area is 113 Å². The van der Waals surface area contributed by atoms with Gasteiger partial charge in [0.15, 0.2) is 6.20 Å². The molecule has 0 aliphatic carbocycles. The van der Waals surface area contributed by atoms with Crippen molar-refractivity contribution in [3.8, 4) is 0 Å². The molecule has 19 heavy (non-hydrogen) atoms. The molecule has 0 spiro atoms. The Morgan fingerprint density at radius 3 is 2.32 bits per heavy atom. The van der Waals surface area contributed by atoms with E-state index in [1.54, 1.807) is 0 Å². The summed E-state index contributed by atoms with van der Waals surface area (Å²) < 4.78 is 0. The van der Waals surface area contributed by atoms with Gasteiger partial charge in [0, 0.05) is 12.1 Å². The van der Waals surface area contributed by atoms with Gasteiger partial charge in [-0.1, -0.05) is 48.5 Å². The highest BCUT2D eigenvalue weighted by Gasteiger charge is 2.16. The predicted molar refractivity (Wildman–Crippen MR) is 77.5 cm³/mol. The largest absolute Gasteiger partial charge is 0.358 e. The maximum atomic E-state index is 3.35. The van der Waals surface area contributed by atoms with Crippen LogP contribution in [0.1, 0.15) is 11.1 Å². The van der Waals surface area contributed by atoms with Crippen LogP contribution in [0.25, 0.3) is 0 Å². The SMILES string of the molecule is C1=CN(Cc2ccccc2)CC(c2ccccc2)=[NH+]1. The van der Waals surface area contributed by atoms with Crippen molar-refractivity contribution in [1.29, 1.82) is 0 Å². The average molecular weight is 249 g/mol. The molecule has 0 amide bonds. The number of benzene rings is 2. The molecule has 2 nitrogen and oxygen atoms in total. The lowest BCUT2D eigenvalue weighted by molar-refractivity contribution is -0.378. The first kappa shape index (κ1) is 11.7. The summed E-state index contributed by atoms with van der Waals surface area (Å²) in [6, 6.07) is 21.0. The monoisotopic (exact) mass is 249 g/mol. The molecule has 0 aromatic heterocycles. The van der Waals surface area contributed by atoms with E-state index in [0.717, 1.165) is 13.1 Å². The van der Waals surface area contributed by atoms with Gasteiger partial charge in [-0.05, 0) is 17.7 Å². The highest BCUT2D eigenvalue weighted by Crippen LogP contribution is 2.07. The average Bonchev–Trinajstić information content (AvgIpc) is 2.49. The highest BCUT2D eigenvalue weighted by atomic mass is 15.1. The summed E-state index contributed by atoms with van der Waals surface area (Å²) in [4.78, 5) is 5.66. The first-order chi connectivity index (χ1) is 9.42. The first-order valence-electron chi connectivity index (χ1n) is 6.54. The molecular weight excluding hydrogens is 232 g/mol. The molecule has 1 heterocycles. The van der Waals surface area contributed by atoms with E-state index in [1.165, 1.54) is 16.8 Å². The molecule has 1 aliphatic heterocycles. The van der Waals surface area contributed by atoms with Crippen LogP contribution in [-0.4, -0.2) is 17.2 Å². The third-order valence-electron chi connectivity index (χ3n) is 3.25. The lowest BCUT2D eigenvalue weighted by atomic mass is 10.1. The Kier molecular flexibility index (Phi) is 3.41. The van der Waals surface area contributed by atoms with Crippen molar-refractivity contribution in [2.45, 2.75) is 6.54 Å². The van der Waals surface area contributed by atoms with Crippen LogP contribution in [0.3, 0.4) is 0 Å². The molecular formula is C17H17N2+. The predicted octanol–water partition coefficient (Wildman–Crippen LogP) is 1.54. The molecule has 0 atom stereocenters. The third-order valence-corrected chi connectivity index (χ3v) is 3.25. The molecule has 1 aliphatic rings. The van der Waals surface area contributed by atoms with Gasteiger partial charge in [0.1, 0.15) is 6.54 Å². The van der Waals surface area contributed by atoms with E-state index < -0.39 is 0 Å². The lowest BCUT2D eigenvalue weighted by Crippen LogP contribution is -2.70. The van der Waals surface area contributed by atoms with Crippen molar-refractivity contribution in [3.05, 3.63) is 84.2 Å². The van der Waals surface area contributed by atoms with Gasteiger partial charge < -0.3 is 4.90 Å². The van der Waals surface area contributed by atoms with Crippen molar-refractivity contribution in [2.24, 2.45) is 0 Å². The number of nitrogens with zero attached hydrogens (tertiary/aromatic N) is 1. The van der Waals surface area contributed by atoms with Crippen LogP contribution in [0.15, 0.2) is 73.1 Å². The Hall–Kier alpha value is -2.35. The van der Waals surface area contributed by atoms with Gasteiger partial charge in [-0.15, -0.1) is 0 Å². The van der Waals surface area contributed by atoms with Crippen LogP contribution in [0.5, 0.6) is 0 Å². The molecule has 3 rings (SSSR count). The number of nitrogens with one attached hydrogen (secondary N) is 1. The van der Waals surface area contributed by atoms with Crippen molar-refractivity contribution < 1.29 is 4.99 Å². The van der Waals surface area contributed by atoms with E-state index in [-0.39, 0.29) is 0 Å². The minimum absolute atomic E-state index is 0.912. The number of hydrogen-bond donors (Lipinski definition) is 1. The Morgan fingerprint density at radius 2 is 1.58 bits per heavy atom. The lowest BCUT2D eigenvalue weighted by Gasteiger charge is -2.20. The fourth-order valence-electron chi connectivity index (χ4n) is 2.29. The molecule has 2 aromatic carbocycles. The van der Waals surface area contributed by atoms with Gasteiger partial charge in [0.05, 0.1) is 6.20 Å². The van der Waals surface area contributed by atoms with Gasteiger partial charge in [0.2, 0.25) is 5.71 Å². The summed E-state index contributed by atoms with van der Waals surface area (Å²) in [5, 5.41) is 0. The van der Waals surface area contributed by atoms with Crippen LogP contribution < -0.4 is 4.99 Å². The van der Waals surface area contributed by atoms with Crippen LogP contribution in [-0.2, 0) is 6.54 Å². The van der Waals surface area contributed by atoms with Crippen molar-refractivity contribution in [2.75, 3.05) is 6.54 Å². The maximum Gasteiger partial charge on any atom is 0.206 e. The standard InChI is InChI=1S/C17H16N2/c1-3-7-15(8-4-1)13-19-12-11-18-17(14-19)16-9-5-2-6-10-16/h1-12H,13-14H2/p+1. The topological polar surface area (TPSA) is 17.2 Å². The second kappa shape index (κ2) is 5.53. The summed E-state index contributed by atoms with van der Waals surface area (Å²) >= 11 is 0. The maximum absolute atomic E-state index is 3.35. The normalized spacial score (nSPS) is 14.3. The quantitative estimate of drug-likeness (QED) is 0.873. The minimum Gasteiger partial charge on any atom is -0.358 e. The highest BCUT2D eigenvalue weighted by molar-refractivity contribution is 5.98. The molecule has 2 aromatic rings. The molecule has 0 saturated heterocycles. The number of hydrogen-bond acceptors (Lipinski definition) is 1. The van der Waals surface area contributed by atoms with E-state index >= 15 is 0 Å². The summed E-state index contributed by atoms with van der Waals surface area (Å²) in [7, 11) is 0. The van der Waals surface area contributed by atoms with Gasteiger partial charge in [0.25, 0.3) is 0 Å². The fraction of sp³-hybridized carbons (Fsp3) is 0.118. The van der Waals surface area contributed by atoms with Gasteiger partial charge in [-0.2, -0.15) is 0 Å². The molecule has 94 valence electrons. The second-order valence-corrected chi connectivity index (χ2v) is 4.70. The van der Waals surface area contributed by atoms with Gasteiger partial charge in [-0.25, -0.2) is 4.99 Å². The molecule has 0 radical (unpaired) electrons. The smallest absolute Gasteiger partial charge is 0.206 e. The van der Waals surface area contributed by atoms with E-state index in [9.17, 15) is 0 Å². The molecule has 0 saturated carbocycles. The van der Waals surface area contributed by atoms with Crippen LogP contribution in [0.2, 0.25) is 0 Å². The summed E-state index contributed by atoms with van der Waals surface area (Å²) in [6.07, 6.45) is 4.12. The van der Waals surface area contributed by atoms with Crippen molar-refractivity contribution >= 4 is 5.71 Å². The minimum atomic E-state index is 0.912. The van der Waals surface area contributed by atoms with Crippen LogP contribution >= 0.6 is 0 Å². The fourth-order valence-corrected chi connectivity index (χ4v) is 2.29. The zero-order valence-corrected chi connectivity index (χ0v) is 10.8. The van der Waals surface area contributed by atoms with Crippen molar-refractivity contribution in [1.82, 2.24) is 4.90 Å². The Bertz CT molecular complexity index is 585. The van der Waals surface area contributed by atoms with E-state index in [2.05, 4.69) is 70.7 Å². The number of rotatable bonds is 3. The second-order valence-electron chi connectivity index (χ2n) is 4.70. The molecule has 0 bridgehead atoms. The van der Waals surface area contributed by atoms with Gasteiger partial charge >= 0.3 is 0 Å². The zero-order chi connectivity index (χ0) is 12.9. The Balaban J connectivity index is 1.72. The van der Waals surface area contributed by atoms with Crippen molar-refractivity contribution in [3.63, 3.8) is 0 Å². The molecule has 0 fully saturated rings. The van der Waals surface area contributed by atoms with E-state index in [1.807, 2.05) is 12.3 Å². The molecule has 2 heteroatoms. The Morgan fingerprint density at radius 1 is 0.895 bits per heavy atom. The van der Waals surface area contributed by atoms with Gasteiger partial charge in [-0.3, -0.25) is 0 Å². The first-order valence-corrected chi connectivity index (χ1v) is 6.54. The summed E-state index contributed by atoms with van der Waals surface area (Å²) in [6.45, 7) is 1.85. The molecule has 1 N–H and O–H groups in total. The van der Waals surface area contributed by atoms with E-state index in [4.69, 9.17) is 0 Å². The molecule has 0 unspecified atom stereocenters.